The normalized spacial score (nSPS) is 10.4. The molecule has 2 aromatic rings. The molecule has 1 N–H and O–H groups in total. The Balaban J connectivity index is 1.82. The Labute approximate surface area is 203 Å². The molecule has 182 valence electrons. The van der Waals surface area contributed by atoms with Crippen LogP contribution >= 0.6 is 0 Å². The summed E-state index contributed by atoms with van der Waals surface area (Å²) in [5.74, 6) is 3.52. The molecular weight excluding hydrogens is 429 g/mol. The van der Waals surface area contributed by atoms with Crippen LogP contribution in [0.4, 0.5) is 4.39 Å². The van der Waals surface area contributed by atoms with Gasteiger partial charge in [0.1, 0.15) is 5.82 Å². The summed E-state index contributed by atoms with van der Waals surface area (Å²) in [5, 5.41) is 9.17. The smallest absolute Gasteiger partial charge is 0.394 e. The molecule has 0 bridgehead atoms. The number of hydrogen-bond acceptors (Lipinski definition) is 2. The van der Waals surface area contributed by atoms with Crippen LogP contribution in [-0.4, -0.2) is 28.4 Å². The van der Waals surface area contributed by atoms with Gasteiger partial charge < -0.3 is 10.0 Å². The van der Waals surface area contributed by atoms with Crippen LogP contribution in [-0.2, 0) is 22.6 Å². The van der Waals surface area contributed by atoms with Gasteiger partial charge in [-0.1, -0.05) is 94.0 Å². The van der Waals surface area contributed by atoms with Crippen molar-refractivity contribution in [3.8, 4) is 11.8 Å². The van der Waals surface area contributed by atoms with Gasteiger partial charge in [-0.3, -0.25) is 4.79 Å². The molecule has 0 saturated heterocycles. The summed E-state index contributed by atoms with van der Waals surface area (Å²) in [7, 11) is 0. The van der Waals surface area contributed by atoms with E-state index in [0.717, 1.165) is 24.0 Å². The predicted molar refractivity (Wildman–Crippen MR) is 134 cm³/mol. The summed E-state index contributed by atoms with van der Waals surface area (Å²) in [5.41, 5.74) is 2.15. The number of aliphatic carboxylic acids is 1. The molecule has 0 aromatic heterocycles. The molecule has 0 aliphatic carbocycles. The molecule has 0 unspecified atom stereocenters. The fraction of sp³-hybridized carbons (Fsp3) is 0.448. The summed E-state index contributed by atoms with van der Waals surface area (Å²) in [6.07, 6.45) is 11.4. The molecule has 0 aliphatic heterocycles. The Morgan fingerprint density at radius 1 is 0.912 bits per heavy atom. The number of hydrogen-bond donors (Lipinski definition) is 1. The molecule has 0 heterocycles. The van der Waals surface area contributed by atoms with Crippen LogP contribution in [0.25, 0.3) is 0 Å². The van der Waals surface area contributed by atoms with Gasteiger partial charge in [0.05, 0.1) is 0 Å². The van der Waals surface area contributed by atoms with Crippen LogP contribution in [0, 0.1) is 17.7 Å². The van der Waals surface area contributed by atoms with Crippen LogP contribution < -0.4 is 0 Å². The zero-order valence-corrected chi connectivity index (χ0v) is 20.2. The Hall–Kier alpha value is -3.13. The van der Waals surface area contributed by atoms with Crippen molar-refractivity contribution >= 4 is 11.9 Å². The largest absolute Gasteiger partial charge is 0.474 e. The maximum atomic E-state index is 13.9. The van der Waals surface area contributed by atoms with E-state index >= 15 is 0 Å². The molecule has 1 amide bonds. The molecule has 0 spiro atoms. The molecule has 2 aromatic carbocycles. The second-order valence-electron chi connectivity index (χ2n) is 8.60. The van der Waals surface area contributed by atoms with Crippen LogP contribution in [0.3, 0.4) is 0 Å². The monoisotopic (exact) mass is 465 g/mol. The van der Waals surface area contributed by atoms with Gasteiger partial charge in [0.2, 0.25) is 0 Å². The molecule has 4 nitrogen and oxygen atoms in total. The van der Waals surface area contributed by atoms with Crippen molar-refractivity contribution in [1.82, 2.24) is 4.90 Å². The van der Waals surface area contributed by atoms with E-state index in [1.165, 1.54) is 55.9 Å². The van der Waals surface area contributed by atoms with E-state index in [-0.39, 0.29) is 25.3 Å². The summed E-state index contributed by atoms with van der Waals surface area (Å²) >= 11 is 0. The minimum atomic E-state index is -1.52. The first-order valence-electron chi connectivity index (χ1n) is 12.3. The minimum Gasteiger partial charge on any atom is -0.474 e. The third-order valence-corrected chi connectivity index (χ3v) is 5.79. The van der Waals surface area contributed by atoms with Crippen molar-refractivity contribution in [2.75, 3.05) is 6.54 Å². The summed E-state index contributed by atoms with van der Waals surface area (Å²) in [4.78, 5) is 24.6. The lowest BCUT2D eigenvalue weighted by molar-refractivity contribution is -0.156. The van der Waals surface area contributed by atoms with E-state index in [0.29, 0.717) is 5.56 Å². The van der Waals surface area contributed by atoms with Gasteiger partial charge in [-0.25, -0.2) is 9.18 Å². The summed E-state index contributed by atoms with van der Waals surface area (Å²) in [6, 6.07) is 13.8. The first-order chi connectivity index (χ1) is 16.5. The Bertz CT molecular complexity index is 959. The van der Waals surface area contributed by atoms with Crippen molar-refractivity contribution in [2.45, 2.75) is 77.7 Å². The van der Waals surface area contributed by atoms with Crippen LogP contribution in [0.15, 0.2) is 48.5 Å². The molecular formula is C29H36FNO3. The lowest BCUT2D eigenvalue weighted by Crippen LogP contribution is -2.37. The van der Waals surface area contributed by atoms with E-state index in [9.17, 15) is 14.0 Å². The van der Waals surface area contributed by atoms with Gasteiger partial charge in [0.15, 0.2) is 0 Å². The molecule has 34 heavy (non-hydrogen) atoms. The quantitative estimate of drug-likeness (QED) is 0.213. The third-order valence-electron chi connectivity index (χ3n) is 5.79. The van der Waals surface area contributed by atoms with Crippen molar-refractivity contribution < 1.29 is 19.1 Å². The standard InChI is InChI=1S/C29H36FNO3/c1-2-3-4-5-6-7-8-9-10-11-14-24-17-19-25(20-18-24)23-31(28(32)29(33)34)22-21-26-15-12-13-16-27(26)30/h12-13,15-20H,2-10,21-23H2,1H3,(H,33,34). The second-order valence-corrected chi connectivity index (χ2v) is 8.60. The van der Waals surface area contributed by atoms with E-state index in [4.69, 9.17) is 5.11 Å². The van der Waals surface area contributed by atoms with Gasteiger partial charge in [-0.15, -0.1) is 0 Å². The number of nitrogens with zero attached hydrogens (tertiary/aromatic N) is 1. The highest BCUT2D eigenvalue weighted by Crippen LogP contribution is 2.12. The van der Waals surface area contributed by atoms with Crippen molar-refractivity contribution in [3.63, 3.8) is 0 Å². The first-order valence-corrected chi connectivity index (χ1v) is 12.3. The molecule has 5 heteroatoms. The summed E-state index contributed by atoms with van der Waals surface area (Å²) in [6.45, 7) is 2.50. The van der Waals surface area contributed by atoms with Crippen LogP contribution in [0.5, 0.6) is 0 Å². The van der Waals surface area contributed by atoms with E-state index in [1.807, 2.05) is 24.3 Å². The summed E-state index contributed by atoms with van der Waals surface area (Å²) < 4.78 is 13.9. The number of amides is 1. The molecule has 0 aliphatic rings. The molecule has 2 rings (SSSR count). The van der Waals surface area contributed by atoms with Gasteiger partial charge in [-0.2, -0.15) is 0 Å². The number of unbranched alkanes of at least 4 members (excludes halogenated alkanes) is 8. The average molecular weight is 466 g/mol. The van der Waals surface area contributed by atoms with Gasteiger partial charge in [0.25, 0.3) is 0 Å². The zero-order chi connectivity index (χ0) is 24.6. The fourth-order valence-corrected chi connectivity index (χ4v) is 3.77. The second kappa shape index (κ2) is 15.7. The molecule has 0 fully saturated rings. The lowest BCUT2D eigenvalue weighted by Gasteiger charge is -2.21. The molecule has 0 saturated carbocycles. The zero-order valence-electron chi connectivity index (χ0n) is 20.2. The highest BCUT2D eigenvalue weighted by atomic mass is 19.1. The SMILES string of the molecule is CCCCCCCCCCC#Cc1ccc(CN(CCc2ccccc2F)C(=O)C(=O)O)cc1. The van der Waals surface area contributed by atoms with E-state index in [1.54, 1.807) is 18.2 Å². The van der Waals surface area contributed by atoms with Gasteiger partial charge in [-0.05, 0) is 42.2 Å². The molecule has 0 radical (unpaired) electrons. The Morgan fingerprint density at radius 3 is 2.21 bits per heavy atom. The third kappa shape index (κ3) is 10.2. The highest BCUT2D eigenvalue weighted by molar-refractivity contribution is 6.31. The van der Waals surface area contributed by atoms with E-state index < -0.39 is 11.9 Å². The number of benzene rings is 2. The van der Waals surface area contributed by atoms with Crippen LogP contribution in [0.1, 0.15) is 81.4 Å². The number of rotatable bonds is 13. The molecule has 0 atom stereocenters. The van der Waals surface area contributed by atoms with Gasteiger partial charge in [0, 0.05) is 25.1 Å². The van der Waals surface area contributed by atoms with Crippen molar-refractivity contribution in [3.05, 3.63) is 71.0 Å². The van der Waals surface area contributed by atoms with Gasteiger partial charge >= 0.3 is 11.9 Å². The van der Waals surface area contributed by atoms with E-state index in [2.05, 4.69) is 18.8 Å². The lowest BCUT2D eigenvalue weighted by atomic mass is 10.1. The Kier molecular flexibility index (Phi) is 12.5. The first kappa shape index (κ1) is 27.1. The number of carboxylic acids is 1. The Morgan fingerprint density at radius 2 is 1.56 bits per heavy atom. The maximum absolute atomic E-state index is 13.9. The predicted octanol–water partition coefficient (Wildman–Crippen LogP) is 6.36. The minimum absolute atomic E-state index is 0.117. The van der Waals surface area contributed by atoms with Crippen molar-refractivity contribution in [1.29, 1.82) is 0 Å². The fourth-order valence-electron chi connectivity index (χ4n) is 3.77. The number of halogens is 1. The average Bonchev–Trinajstić information content (AvgIpc) is 2.84. The van der Waals surface area contributed by atoms with Crippen molar-refractivity contribution in [2.24, 2.45) is 0 Å². The number of carboxylic acid groups (broad SMARTS) is 1. The number of carbonyl (C=O) groups excluding carboxylic acids is 1. The topological polar surface area (TPSA) is 57.6 Å². The van der Waals surface area contributed by atoms with Crippen LogP contribution in [0.2, 0.25) is 0 Å². The highest BCUT2D eigenvalue weighted by Gasteiger charge is 2.21. The maximum Gasteiger partial charge on any atom is 0.394 e. The number of carbonyl (C=O) groups is 2.